The minimum absolute atomic E-state index is 0.0505. The second-order valence-corrected chi connectivity index (χ2v) is 19.5. The van der Waals surface area contributed by atoms with E-state index >= 15 is 0 Å². The molecule has 2 atom stereocenters. The Balaban J connectivity index is 4.28. The van der Waals surface area contributed by atoms with Gasteiger partial charge in [0, 0.05) is 26.9 Å². The van der Waals surface area contributed by atoms with Crippen molar-refractivity contribution in [1.29, 1.82) is 0 Å². The standard InChI is InChI=1S/C54H109NO6/c1-8-11-13-15-17-19-21-23-25-27-29-31-33-35-37-39-46-58-50-51(59-47-40-38-36-34-32-30-28-26-24-22-20-18-16-14-12-9-2)42-41-48-60-52(56)55-45-43-54(6,10-3)61-49-44-53(4,5)57-7/h51H,8-50H2,1-7H3,(H,55,56). The molecule has 0 spiro atoms. The zero-order chi connectivity index (χ0) is 44.8. The van der Waals surface area contributed by atoms with Crippen LogP contribution in [0.2, 0.25) is 0 Å². The maximum Gasteiger partial charge on any atom is 0.407 e. The Labute approximate surface area is 381 Å². The summed E-state index contributed by atoms with van der Waals surface area (Å²) in [4.78, 5) is 12.5. The molecule has 0 bridgehead atoms. The number of hydrogen-bond acceptors (Lipinski definition) is 6. The van der Waals surface area contributed by atoms with Crippen molar-refractivity contribution in [3.05, 3.63) is 0 Å². The average molecular weight is 868 g/mol. The predicted octanol–water partition coefficient (Wildman–Crippen LogP) is 16.8. The van der Waals surface area contributed by atoms with Crippen molar-refractivity contribution >= 4 is 6.09 Å². The molecule has 0 radical (unpaired) electrons. The van der Waals surface area contributed by atoms with Crippen molar-refractivity contribution in [2.45, 2.75) is 296 Å². The number of rotatable bonds is 50. The summed E-state index contributed by atoms with van der Waals surface area (Å²) < 4.78 is 29.8. The van der Waals surface area contributed by atoms with Crippen LogP contribution in [0.25, 0.3) is 0 Å². The Morgan fingerprint density at radius 3 is 1.31 bits per heavy atom. The number of methoxy groups -OCH3 is 1. The molecular formula is C54H109NO6. The number of carbonyl (C=O) groups excluding carboxylic acids is 1. The van der Waals surface area contributed by atoms with E-state index in [1.54, 1.807) is 7.11 Å². The van der Waals surface area contributed by atoms with Gasteiger partial charge in [-0.05, 0) is 65.7 Å². The van der Waals surface area contributed by atoms with E-state index in [-0.39, 0.29) is 23.4 Å². The van der Waals surface area contributed by atoms with E-state index in [4.69, 9.17) is 23.7 Å². The molecule has 0 saturated heterocycles. The normalized spacial score (nSPS) is 13.4. The van der Waals surface area contributed by atoms with Crippen molar-refractivity contribution in [2.75, 3.05) is 46.7 Å². The molecule has 0 aromatic heterocycles. The van der Waals surface area contributed by atoms with E-state index in [9.17, 15) is 4.79 Å². The van der Waals surface area contributed by atoms with Crippen LogP contribution in [-0.2, 0) is 23.7 Å². The fourth-order valence-corrected chi connectivity index (χ4v) is 8.03. The third-order valence-corrected chi connectivity index (χ3v) is 13.1. The fraction of sp³-hybridized carbons (Fsp3) is 0.981. The quantitative estimate of drug-likeness (QED) is 0.0614. The zero-order valence-corrected chi connectivity index (χ0v) is 42.4. The van der Waals surface area contributed by atoms with Gasteiger partial charge in [0.2, 0.25) is 0 Å². The summed E-state index contributed by atoms with van der Waals surface area (Å²) in [5.74, 6) is 0. The molecule has 1 amide bonds. The van der Waals surface area contributed by atoms with Gasteiger partial charge in [-0.3, -0.25) is 0 Å². The number of ether oxygens (including phenoxy) is 5. The molecule has 0 heterocycles. The summed E-state index contributed by atoms with van der Waals surface area (Å²) in [6.45, 7) is 16.7. The van der Waals surface area contributed by atoms with Crippen molar-refractivity contribution in [2.24, 2.45) is 0 Å². The van der Waals surface area contributed by atoms with Crippen molar-refractivity contribution in [3.8, 4) is 0 Å². The van der Waals surface area contributed by atoms with Crippen molar-refractivity contribution in [1.82, 2.24) is 5.32 Å². The minimum atomic E-state index is -0.357. The summed E-state index contributed by atoms with van der Waals surface area (Å²) in [5.41, 5.74) is -0.496. The fourth-order valence-electron chi connectivity index (χ4n) is 8.03. The Morgan fingerprint density at radius 2 is 0.902 bits per heavy atom. The molecule has 0 fully saturated rings. The number of amides is 1. The van der Waals surface area contributed by atoms with Crippen LogP contribution in [0.4, 0.5) is 4.79 Å². The maximum absolute atomic E-state index is 12.5. The molecule has 0 aromatic rings. The molecule has 1 N–H and O–H groups in total. The van der Waals surface area contributed by atoms with Crippen molar-refractivity contribution < 1.29 is 28.5 Å². The van der Waals surface area contributed by atoms with Gasteiger partial charge in [-0.25, -0.2) is 4.79 Å². The lowest BCUT2D eigenvalue weighted by Crippen LogP contribution is -2.36. The van der Waals surface area contributed by atoms with Gasteiger partial charge in [-0.15, -0.1) is 0 Å². The first kappa shape index (κ1) is 60.1. The predicted molar refractivity (Wildman–Crippen MR) is 263 cm³/mol. The van der Waals surface area contributed by atoms with E-state index < -0.39 is 0 Å². The lowest BCUT2D eigenvalue weighted by molar-refractivity contribution is -0.0710. The van der Waals surface area contributed by atoms with Gasteiger partial charge in [-0.2, -0.15) is 0 Å². The van der Waals surface area contributed by atoms with E-state index in [1.165, 1.54) is 193 Å². The minimum Gasteiger partial charge on any atom is -0.450 e. The summed E-state index contributed by atoms with van der Waals surface area (Å²) in [6.07, 6.45) is 47.8. The van der Waals surface area contributed by atoms with Crippen LogP contribution in [0.15, 0.2) is 0 Å². The first-order valence-corrected chi connectivity index (χ1v) is 27.0. The molecule has 2 unspecified atom stereocenters. The third kappa shape index (κ3) is 44.1. The Hall–Kier alpha value is -0.890. The smallest absolute Gasteiger partial charge is 0.407 e. The second kappa shape index (κ2) is 45.7. The summed E-state index contributed by atoms with van der Waals surface area (Å²) in [5, 5.41) is 2.93. The number of alkyl carbamates (subject to hydrolysis) is 1. The van der Waals surface area contributed by atoms with Gasteiger partial charge >= 0.3 is 6.09 Å². The highest BCUT2D eigenvalue weighted by Crippen LogP contribution is 2.22. The van der Waals surface area contributed by atoms with Crippen LogP contribution in [-0.4, -0.2) is 70.1 Å². The highest BCUT2D eigenvalue weighted by Gasteiger charge is 2.25. The van der Waals surface area contributed by atoms with E-state index in [2.05, 4.69) is 46.9 Å². The second-order valence-electron chi connectivity index (χ2n) is 19.5. The Morgan fingerprint density at radius 1 is 0.492 bits per heavy atom. The molecule has 0 aliphatic heterocycles. The van der Waals surface area contributed by atoms with Gasteiger partial charge < -0.3 is 29.0 Å². The van der Waals surface area contributed by atoms with Gasteiger partial charge in [0.1, 0.15) is 0 Å². The van der Waals surface area contributed by atoms with Crippen LogP contribution in [0.3, 0.4) is 0 Å². The third-order valence-electron chi connectivity index (χ3n) is 13.1. The summed E-state index contributed by atoms with van der Waals surface area (Å²) >= 11 is 0. The first-order chi connectivity index (χ1) is 29.7. The molecular weight excluding hydrogens is 759 g/mol. The number of carbonyl (C=O) groups is 1. The molecule has 0 saturated carbocycles. The van der Waals surface area contributed by atoms with Crippen LogP contribution >= 0.6 is 0 Å². The lowest BCUT2D eigenvalue weighted by atomic mass is 9.98. The number of nitrogens with one attached hydrogen (secondary N) is 1. The molecule has 0 aromatic carbocycles. The lowest BCUT2D eigenvalue weighted by Gasteiger charge is -2.31. The number of unbranched alkanes of at least 4 members (excludes halogenated alkanes) is 30. The summed E-state index contributed by atoms with van der Waals surface area (Å²) in [7, 11) is 1.74. The molecule has 61 heavy (non-hydrogen) atoms. The van der Waals surface area contributed by atoms with Crippen LogP contribution in [0.5, 0.6) is 0 Å². The molecule has 7 nitrogen and oxygen atoms in total. The largest absolute Gasteiger partial charge is 0.450 e. The van der Waals surface area contributed by atoms with E-state index in [1.807, 2.05) is 0 Å². The highest BCUT2D eigenvalue weighted by molar-refractivity contribution is 5.67. The van der Waals surface area contributed by atoms with E-state index in [0.717, 1.165) is 58.2 Å². The molecule has 0 aliphatic carbocycles. The highest BCUT2D eigenvalue weighted by atomic mass is 16.6. The first-order valence-electron chi connectivity index (χ1n) is 27.0. The van der Waals surface area contributed by atoms with Crippen LogP contribution in [0, 0.1) is 0 Å². The van der Waals surface area contributed by atoms with Crippen molar-refractivity contribution in [3.63, 3.8) is 0 Å². The Kier molecular flexibility index (Phi) is 45.0. The monoisotopic (exact) mass is 868 g/mol. The van der Waals surface area contributed by atoms with Gasteiger partial charge in [0.05, 0.1) is 37.1 Å². The van der Waals surface area contributed by atoms with Gasteiger partial charge in [0.25, 0.3) is 0 Å². The molecule has 366 valence electrons. The SMILES string of the molecule is CCCCCCCCCCCCCCCCCCOCC(CCCOC(=O)NCCC(C)(CC)OCCC(C)(C)OC)OCCCCCCCCCCCCCCCCCC. The van der Waals surface area contributed by atoms with Gasteiger partial charge in [-0.1, -0.05) is 213 Å². The summed E-state index contributed by atoms with van der Waals surface area (Å²) in [6, 6.07) is 0. The molecule has 0 aliphatic rings. The zero-order valence-electron chi connectivity index (χ0n) is 42.4. The van der Waals surface area contributed by atoms with Crippen LogP contribution < -0.4 is 5.32 Å². The molecule has 0 rings (SSSR count). The van der Waals surface area contributed by atoms with Gasteiger partial charge in [0.15, 0.2) is 0 Å². The number of hydrogen-bond donors (Lipinski definition) is 1. The maximum atomic E-state index is 12.5. The molecule has 7 heteroatoms. The van der Waals surface area contributed by atoms with E-state index in [0.29, 0.717) is 26.4 Å². The van der Waals surface area contributed by atoms with Crippen LogP contribution in [0.1, 0.15) is 279 Å². The topological polar surface area (TPSA) is 75.3 Å². The Bertz CT molecular complexity index is 886. The average Bonchev–Trinajstić information content (AvgIpc) is 3.25.